The van der Waals surface area contributed by atoms with Crippen molar-refractivity contribution in [1.29, 1.82) is 0 Å². The maximum Gasteiger partial charge on any atom is 0.100 e. The van der Waals surface area contributed by atoms with Crippen LogP contribution >= 0.6 is 0 Å². The Balaban J connectivity index is 2.18. The van der Waals surface area contributed by atoms with Crippen molar-refractivity contribution in [2.75, 3.05) is 0 Å². The van der Waals surface area contributed by atoms with Gasteiger partial charge in [-0.25, -0.2) is 0 Å². The molecule has 0 fully saturated rings. The lowest BCUT2D eigenvalue weighted by Gasteiger charge is -2.13. The van der Waals surface area contributed by atoms with Crippen molar-refractivity contribution < 1.29 is 0 Å². The minimum Gasteiger partial charge on any atom is -0.0641 e. The van der Waals surface area contributed by atoms with Crippen LogP contribution in [-0.2, 0) is 12.8 Å². The summed E-state index contributed by atoms with van der Waals surface area (Å²) in [6.07, 6.45) is 2.43. The van der Waals surface area contributed by atoms with Crippen molar-refractivity contribution in [2.45, 2.75) is 19.4 Å². The highest BCUT2D eigenvalue weighted by Gasteiger charge is 2.19. The molecule has 0 N–H and O–H groups in total. The average Bonchev–Trinajstić information content (AvgIpc) is 2.49. The molecule has 0 spiro atoms. The van der Waals surface area contributed by atoms with Gasteiger partial charge in [0.05, 0.1) is 0 Å². The Morgan fingerprint density at radius 3 is 1.69 bits per heavy atom. The van der Waals surface area contributed by atoms with E-state index in [1.165, 1.54) is 12.8 Å². The fourth-order valence-corrected chi connectivity index (χ4v) is 5.53. The first kappa shape index (κ1) is 9.85. The zero-order valence-corrected chi connectivity index (χ0v) is 10.8. The van der Waals surface area contributed by atoms with E-state index in [1.807, 2.05) is 0 Å². The summed E-state index contributed by atoms with van der Waals surface area (Å²) in [5, 5.41) is 3.29. The number of aryl methyl sites for hydroxylation is 2. The number of benzene rings is 2. The number of rotatable bonds is 0. The molecule has 0 saturated heterocycles. The third kappa shape index (κ3) is 1.52. The van der Waals surface area contributed by atoms with Crippen molar-refractivity contribution in [1.82, 2.24) is 0 Å². The molecule has 0 amide bonds. The maximum atomic E-state index is 2.46. The Bertz CT molecular complexity index is 469. The molecule has 80 valence electrons. The summed E-state index contributed by atoms with van der Waals surface area (Å²) in [6, 6.07) is 18.0. The number of fused-ring (bicyclic) bond motifs is 2. The molecule has 2 aromatic carbocycles. The van der Waals surface area contributed by atoms with Crippen LogP contribution in [0, 0.1) is 0 Å². The molecule has 0 nitrogen and oxygen atoms in total. The fourth-order valence-electron chi connectivity index (χ4n) is 2.81. The minimum atomic E-state index is -0.935. The zero-order valence-electron chi connectivity index (χ0n) is 9.61. The van der Waals surface area contributed by atoms with Gasteiger partial charge in [-0.1, -0.05) is 65.5 Å². The molecule has 0 unspecified atom stereocenters. The summed E-state index contributed by atoms with van der Waals surface area (Å²) >= 11 is 0. The molecule has 0 aliphatic carbocycles. The maximum absolute atomic E-state index is 2.46. The Kier molecular flexibility index (Phi) is 2.41. The second-order valence-electron chi connectivity index (χ2n) is 4.62. The fraction of sp³-hybridized carbons (Fsp3) is 0.200. The standard InChI is InChI=1S/C15H16Si/c1-16-14-8-4-2-6-12(14)10-11-13-7-3-5-9-15(13)16/h2-9,16H,10-11H2,1H3. The second kappa shape index (κ2) is 3.91. The van der Waals surface area contributed by atoms with E-state index in [0.29, 0.717) is 0 Å². The normalized spacial score (nSPS) is 15.1. The van der Waals surface area contributed by atoms with Gasteiger partial charge in [0.1, 0.15) is 8.80 Å². The molecular weight excluding hydrogens is 208 g/mol. The Morgan fingerprint density at radius 2 is 1.19 bits per heavy atom. The van der Waals surface area contributed by atoms with E-state index in [9.17, 15) is 0 Å². The van der Waals surface area contributed by atoms with Crippen LogP contribution in [0.25, 0.3) is 0 Å². The number of hydrogen-bond acceptors (Lipinski definition) is 0. The van der Waals surface area contributed by atoms with Gasteiger partial charge in [-0.2, -0.15) is 0 Å². The predicted molar refractivity (Wildman–Crippen MR) is 72.6 cm³/mol. The summed E-state index contributed by atoms with van der Waals surface area (Å²) in [6.45, 7) is 2.46. The van der Waals surface area contributed by atoms with E-state index in [1.54, 1.807) is 21.5 Å². The van der Waals surface area contributed by atoms with Gasteiger partial charge in [-0.05, 0) is 24.0 Å². The van der Waals surface area contributed by atoms with Gasteiger partial charge in [-0.3, -0.25) is 0 Å². The minimum absolute atomic E-state index is 0.935. The van der Waals surface area contributed by atoms with Gasteiger partial charge in [0.25, 0.3) is 0 Å². The van der Waals surface area contributed by atoms with Crippen LogP contribution < -0.4 is 10.4 Å². The number of hydrogen-bond donors (Lipinski definition) is 0. The van der Waals surface area contributed by atoms with E-state index in [2.05, 4.69) is 55.1 Å². The zero-order chi connectivity index (χ0) is 11.0. The van der Waals surface area contributed by atoms with Crippen molar-refractivity contribution in [3.05, 3.63) is 59.7 Å². The molecule has 0 saturated carbocycles. The lowest BCUT2D eigenvalue weighted by Crippen LogP contribution is -2.40. The first-order valence-corrected chi connectivity index (χ1v) is 8.33. The molecule has 2 aromatic rings. The Morgan fingerprint density at radius 1 is 0.750 bits per heavy atom. The van der Waals surface area contributed by atoms with Gasteiger partial charge < -0.3 is 0 Å². The van der Waals surface area contributed by atoms with Crippen LogP contribution in [0.5, 0.6) is 0 Å². The first-order chi connectivity index (χ1) is 7.86. The Hall–Kier alpha value is -1.34. The molecule has 1 aliphatic heterocycles. The molecule has 1 heteroatoms. The van der Waals surface area contributed by atoms with E-state index in [-0.39, 0.29) is 0 Å². The molecule has 16 heavy (non-hydrogen) atoms. The van der Waals surface area contributed by atoms with Gasteiger partial charge >= 0.3 is 0 Å². The summed E-state index contributed by atoms with van der Waals surface area (Å²) in [5.74, 6) is 0. The third-order valence-electron chi connectivity index (χ3n) is 3.71. The second-order valence-corrected chi connectivity index (χ2v) is 7.31. The Labute approximate surface area is 98.6 Å². The van der Waals surface area contributed by atoms with Crippen LogP contribution in [0.1, 0.15) is 11.1 Å². The van der Waals surface area contributed by atoms with Crippen LogP contribution in [0.15, 0.2) is 48.5 Å². The highest BCUT2D eigenvalue weighted by molar-refractivity contribution is 6.84. The van der Waals surface area contributed by atoms with Crippen molar-refractivity contribution in [3.8, 4) is 0 Å². The van der Waals surface area contributed by atoms with Crippen LogP contribution in [0.2, 0.25) is 6.55 Å². The van der Waals surface area contributed by atoms with Crippen LogP contribution in [-0.4, -0.2) is 8.80 Å². The van der Waals surface area contributed by atoms with Gasteiger partial charge in [0.15, 0.2) is 0 Å². The van der Waals surface area contributed by atoms with E-state index in [4.69, 9.17) is 0 Å². The van der Waals surface area contributed by atoms with Gasteiger partial charge in [0, 0.05) is 0 Å². The van der Waals surface area contributed by atoms with E-state index in [0.717, 1.165) is 0 Å². The molecule has 1 aliphatic rings. The molecule has 0 atom stereocenters. The largest absolute Gasteiger partial charge is 0.100 e. The first-order valence-electron chi connectivity index (χ1n) is 6.02. The topological polar surface area (TPSA) is 0 Å². The molecule has 1 heterocycles. The van der Waals surface area contributed by atoms with Gasteiger partial charge in [-0.15, -0.1) is 0 Å². The SMILES string of the molecule is C[SiH]1c2ccccc2CCc2ccccc21. The lowest BCUT2D eigenvalue weighted by atomic mass is 10.0. The van der Waals surface area contributed by atoms with Crippen molar-refractivity contribution in [2.24, 2.45) is 0 Å². The third-order valence-corrected chi connectivity index (χ3v) is 6.70. The van der Waals surface area contributed by atoms with Crippen LogP contribution in [0.4, 0.5) is 0 Å². The highest BCUT2D eigenvalue weighted by atomic mass is 28.3. The molecule has 3 rings (SSSR count). The van der Waals surface area contributed by atoms with Crippen molar-refractivity contribution in [3.63, 3.8) is 0 Å². The average molecular weight is 224 g/mol. The predicted octanol–water partition coefficient (Wildman–Crippen LogP) is 1.76. The smallest absolute Gasteiger partial charge is 0.0641 e. The quantitative estimate of drug-likeness (QED) is 0.598. The summed E-state index contributed by atoms with van der Waals surface area (Å²) < 4.78 is 0. The molecule has 0 bridgehead atoms. The lowest BCUT2D eigenvalue weighted by molar-refractivity contribution is 0.977. The highest BCUT2D eigenvalue weighted by Crippen LogP contribution is 2.11. The van der Waals surface area contributed by atoms with Gasteiger partial charge in [0.2, 0.25) is 0 Å². The van der Waals surface area contributed by atoms with Crippen molar-refractivity contribution >= 4 is 19.2 Å². The van der Waals surface area contributed by atoms with E-state index >= 15 is 0 Å². The summed E-state index contributed by atoms with van der Waals surface area (Å²) in [5.41, 5.74) is 3.16. The summed E-state index contributed by atoms with van der Waals surface area (Å²) in [7, 11) is -0.935. The molecular formula is C15H16Si. The molecule has 0 radical (unpaired) electrons. The van der Waals surface area contributed by atoms with Crippen LogP contribution in [0.3, 0.4) is 0 Å². The molecule has 0 aromatic heterocycles. The van der Waals surface area contributed by atoms with E-state index < -0.39 is 8.80 Å². The monoisotopic (exact) mass is 224 g/mol. The summed E-state index contributed by atoms with van der Waals surface area (Å²) in [4.78, 5) is 0.